The van der Waals surface area contributed by atoms with Crippen LogP contribution in [-0.4, -0.2) is 47.2 Å². The van der Waals surface area contributed by atoms with E-state index in [1.54, 1.807) is 6.20 Å². The van der Waals surface area contributed by atoms with Crippen molar-refractivity contribution in [3.8, 4) is 5.88 Å². The third-order valence-corrected chi connectivity index (χ3v) is 6.34. The Morgan fingerprint density at radius 2 is 1.79 bits per heavy atom. The van der Waals surface area contributed by atoms with Gasteiger partial charge in [-0.2, -0.15) is 4.98 Å². The molecule has 2 aromatic heterocycles. The molecule has 0 radical (unpaired) electrons. The van der Waals surface area contributed by atoms with Crippen molar-refractivity contribution in [2.24, 2.45) is 5.92 Å². The lowest BCUT2D eigenvalue weighted by atomic mass is 10.00. The Hall–Kier alpha value is -2.41. The minimum absolute atomic E-state index is 0.101. The smallest absolute Gasteiger partial charge is 0.233 e. The molecule has 1 aromatic carbocycles. The second-order valence-corrected chi connectivity index (χ2v) is 8.85. The summed E-state index contributed by atoms with van der Waals surface area (Å²) in [6.45, 7) is 5.93. The van der Waals surface area contributed by atoms with Gasteiger partial charge in [-0.1, -0.05) is 25.1 Å². The summed E-state index contributed by atoms with van der Waals surface area (Å²) in [5.74, 6) is 3.17. The summed E-state index contributed by atoms with van der Waals surface area (Å²) in [7, 11) is 0. The quantitative estimate of drug-likeness (QED) is 0.587. The number of nitrogens with zero attached hydrogens (tertiary/aromatic N) is 5. The van der Waals surface area contributed by atoms with E-state index in [9.17, 15) is 0 Å². The monoisotopic (exact) mass is 453 g/mol. The van der Waals surface area contributed by atoms with Crippen LogP contribution in [0.15, 0.2) is 47.1 Å². The van der Waals surface area contributed by atoms with E-state index in [0.29, 0.717) is 5.88 Å². The molecule has 29 heavy (non-hydrogen) atoms. The predicted molar refractivity (Wildman–Crippen MR) is 119 cm³/mol. The highest BCUT2D eigenvalue weighted by atomic mass is 79.9. The van der Waals surface area contributed by atoms with Gasteiger partial charge in [-0.3, -0.25) is 0 Å². The Kier molecular flexibility index (Phi) is 4.99. The van der Waals surface area contributed by atoms with E-state index >= 15 is 0 Å². The van der Waals surface area contributed by atoms with Crippen LogP contribution < -0.4 is 14.5 Å². The molecule has 0 amide bonds. The van der Waals surface area contributed by atoms with Gasteiger partial charge < -0.3 is 14.5 Å². The number of rotatable bonds is 4. The van der Waals surface area contributed by atoms with Crippen LogP contribution in [0.2, 0.25) is 0 Å². The fourth-order valence-electron chi connectivity index (χ4n) is 3.88. The minimum Gasteiger partial charge on any atom is -0.470 e. The topological polar surface area (TPSA) is 54.4 Å². The van der Waals surface area contributed by atoms with Crippen molar-refractivity contribution in [3.63, 3.8) is 0 Å². The number of pyridine rings is 1. The van der Waals surface area contributed by atoms with Crippen molar-refractivity contribution in [3.05, 3.63) is 47.1 Å². The number of hydrogen-bond acceptors (Lipinski definition) is 6. The fraction of sp³-hybridized carbons (Fsp3) is 0.409. The molecule has 150 valence electrons. The molecule has 0 atom stereocenters. The Morgan fingerprint density at radius 1 is 1.00 bits per heavy atom. The van der Waals surface area contributed by atoms with Crippen LogP contribution in [0.4, 0.5) is 11.8 Å². The minimum atomic E-state index is 0.101. The van der Waals surface area contributed by atoms with Crippen molar-refractivity contribution < 1.29 is 4.74 Å². The van der Waals surface area contributed by atoms with Crippen LogP contribution in [0.25, 0.3) is 10.9 Å². The lowest BCUT2D eigenvalue weighted by molar-refractivity contribution is 0.158. The number of aromatic nitrogens is 3. The van der Waals surface area contributed by atoms with Gasteiger partial charge in [-0.05, 0) is 52.9 Å². The molecule has 2 fully saturated rings. The molecule has 0 saturated carbocycles. The number of benzene rings is 1. The number of fused-ring (bicyclic) bond motifs is 1. The zero-order valence-electron chi connectivity index (χ0n) is 16.5. The maximum absolute atomic E-state index is 6.18. The highest BCUT2D eigenvalue weighted by Crippen LogP contribution is 2.30. The number of anilines is 2. The molecular formula is C22H24BrN5O. The molecule has 3 aromatic rings. The third-order valence-electron chi connectivity index (χ3n) is 5.80. The molecular weight excluding hydrogens is 430 g/mol. The molecule has 2 saturated heterocycles. The normalized spacial score (nSPS) is 18.1. The predicted octanol–water partition coefficient (Wildman–Crippen LogP) is 4.29. The zero-order valence-corrected chi connectivity index (χ0v) is 18.0. The summed E-state index contributed by atoms with van der Waals surface area (Å²) in [5.41, 5.74) is 1.02. The summed E-state index contributed by atoms with van der Waals surface area (Å²) in [6.07, 6.45) is 4.28. The third kappa shape index (κ3) is 3.88. The Labute approximate surface area is 179 Å². The lowest BCUT2D eigenvalue weighted by Crippen LogP contribution is -2.54. The summed E-state index contributed by atoms with van der Waals surface area (Å²) >= 11 is 3.54. The first-order chi connectivity index (χ1) is 14.2. The van der Waals surface area contributed by atoms with Gasteiger partial charge in [0.05, 0.1) is 29.3 Å². The first-order valence-corrected chi connectivity index (χ1v) is 11.0. The molecule has 2 aliphatic rings. The van der Waals surface area contributed by atoms with Gasteiger partial charge >= 0.3 is 0 Å². The SMILES string of the molecule is CC1CCN(c2ncc(Br)c(OC3CN(c4ccc5ccccc5n4)C3)n2)CC1. The van der Waals surface area contributed by atoms with Gasteiger partial charge in [0.2, 0.25) is 11.8 Å². The van der Waals surface area contributed by atoms with Crippen LogP contribution in [-0.2, 0) is 0 Å². The second-order valence-electron chi connectivity index (χ2n) is 8.00. The van der Waals surface area contributed by atoms with Crippen LogP contribution in [0.3, 0.4) is 0 Å². The maximum atomic E-state index is 6.18. The highest BCUT2D eigenvalue weighted by Gasteiger charge is 2.31. The van der Waals surface area contributed by atoms with Crippen LogP contribution in [0, 0.1) is 5.92 Å². The first-order valence-electron chi connectivity index (χ1n) is 10.2. The van der Waals surface area contributed by atoms with Crippen LogP contribution in [0.1, 0.15) is 19.8 Å². The molecule has 0 bridgehead atoms. The molecule has 7 heteroatoms. The van der Waals surface area contributed by atoms with Gasteiger partial charge in [-0.15, -0.1) is 0 Å². The van der Waals surface area contributed by atoms with Crippen LogP contribution in [0.5, 0.6) is 5.88 Å². The summed E-state index contributed by atoms with van der Waals surface area (Å²) < 4.78 is 6.98. The van der Waals surface area contributed by atoms with Crippen molar-refractivity contribution in [1.82, 2.24) is 15.0 Å². The van der Waals surface area contributed by atoms with Gasteiger partial charge in [-0.25, -0.2) is 9.97 Å². The van der Waals surface area contributed by atoms with E-state index < -0.39 is 0 Å². The first kappa shape index (κ1) is 18.6. The molecule has 5 rings (SSSR count). The lowest BCUT2D eigenvalue weighted by Gasteiger charge is -2.39. The standard InChI is InChI=1S/C22H24BrN5O/c1-15-8-10-27(11-9-15)22-24-12-18(23)21(26-22)29-17-13-28(14-17)20-7-6-16-4-2-3-5-19(16)25-20/h2-7,12,15,17H,8-11,13-14H2,1H3. The number of hydrogen-bond donors (Lipinski definition) is 0. The van der Waals surface area contributed by atoms with E-state index in [4.69, 9.17) is 14.7 Å². The van der Waals surface area contributed by atoms with E-state index in [1.165, 1.54) is 12.8 Å². The molecule has 0 unspecified atom stereocenters. The number of halogens is 1. The van der Waals surface area contributed by atoms with E-state index in [0.717, 1.165) is 59.2 Å². The zero-order chi connectivity index (χ0) is 19.8. The van der Waals surface area contributed by atoms with Crippen molar-refractivity contribution in [2.45, 2.75) is 25.9 Å². The second kappa shape index (κ2) is 7.78. The summed E-state index contributed by atoms with van der Waals surface area (Å²) in [5, 5.41) is 1.16. The molecule has 0 N–H and O–H groups in total. The fourth-order valence-corrected chi connectivity index (χ4v) is 4.16. The Bertz CT molecular complexity index is 1020. The molecule has 0 spiro atoms. The number of para-hydroxylation sites is 1. The average Bonchev–Trinajstić information content (AvgIpc) is 2.72. The van der Waals surface area contributed by atoms with Crippen LogP contribution >= 0.6 is 15.9 Å². The summed E-state index contributed by atoms with van der Waals surface area (Å²) in [6, 6.07) is 12.4. The average molecular weight is 454 g/mol. The molecule has 2 aliphatic heterocycles. The number of ether oxygens (including phenoxy) is 1. The summed E-state index contributed by atoms with van der Waals surface area (Å²) in [4.78, 5) is 18.4. The van der Waals surface area contributed by atoms with Gasteiger partial charge in [0.1, 0.15) is 11.9 Å². The van der Waals surface area contributed by atoms with Crippen molar-refractivity contribution in [2.75, 3.05) is 36.0 Å². The maximum Gasteiger partial charge on any atom is 0.233 e. The molecule has 6 nitrogen and oxygen atoms in total. The Balaban J connectivity index is 1.24. The molecule has 4 heterocycles. The van der Waals surface area contributed by atoms with Gasteiger partial charge in [0, 0.05) is 18.5 Å². The number of piperidine rings is 1. The van der Waals surface area contributed by atoms with Gasteiger partial charge in [0.25, 0.3) is 0 Å². The van der Waals surface area contributed by atoms with E-state index in [1.807, 2.05) is 18.2 Å². The molecule has 0 aliphatic carbocycles. The highest BCUT2D eigenvalue weighted by molar-refractivity contribution is 9.10. The van der Waals surface area contributed by atoms with E-state index in [-0.39, 0.29) is 6.10 Å². The van der Waals surface area contributed by atoms with E-state index in [2.05, 4.69) is 55.8 Å². The van der Waals surface area contributed by atoms with Gasteiger partial charge in [0.15, 0.2) is 0 Å². The largest absolute Gasteiger partial charge is 0.470 e. The van der Waals surface area contributed by atoms with Crippen molar-refractivity contribution in [1.29, 1.82) is 0 Å². The Morgan fingerprint density at radius 3 is 2.62 bits per heavy atom. The van der Waals surface area contributed by atoms with Crippen molar-refractivity contribution >= 4 is 38.6 Å².